The number of sulfonamides is 1. The molecule has 0 spiro atoms. The molecule has 8 nitrogen and oxygen atoms in total. The molecule has 0 unspecified atom stereocenters. The Hall–Kier alpha value is -2.46. The Balaban J connectivity index is 1.72. The molecule has 0 aromatic heterocycles. The molecule has 0 saturated carbocycles. The van der Waals surface area contributed by atoms with Crippen molar-refractivity contribution in [1.29, 1.82) is 0 Å². The number of morpholine rings is 1. The van der Waals surface area contributed by atoms with E-state index in [0.29, 0.717) is 31.1 Å². The van der Waals surface area contributed by atoms with Crippen LogP contribution in [0.2, 0.25) is 5.02 Å². The first-order valence-corrected chi connectivity index (χ1v) is 12.1. The van der Waals surface area contributed by atoms with E-state index < -0.39 is 21.9 Å². The normalized spacial score (nSPS) is 14.7. The zero-order valence-electron chi connectivity index (χ0n) is 17.7. The summed E-state index contributed by atoms with van der Waals surface area (Å²) in [6, 6.07) is 10.3. The van der Waals surface area contributed by atoms with Gasteiger partial charge in [0.1, 0.15) is 0 Å². The Morgan fingerprint density at radius 2 is 1.81 bits per heavy atom. The monoisotopic (exact) mass is 480 g/mol. The summed E-state index contributed by atoms with van der Waals surface area (Å²) in [5.41, 5.74) is 0.831. The molecule has 1 saturated heterocycles. The second kappa shape index (κ2) is 10.9. The summed E-state index contributed by atoms with van der Waals surface area (Å²) >= 11 is 6.17. The van der Waals surface area contributed by atoms with Gasteiger partial charge in [-0.05, 0) is 48.9 Å². The number of rotatable bonds is 8. The molecule has 1 heterocycles. The van der Waals surface area contributed by atoms with E-state index in [1.54, 1.807) is 24.3 Å². The van der Waals surface area contributed by atoms with Crippen molar-refractivity contribution in [3.05, 3.63) is 58.6 Å². The zero-order valence-corrected chi connectivity index (χ0v) is 19.2. The summed E-state index contributed by atoms with van der Waals surface area (Å²) < 4.78 is 37.4. The third-order valence-electron chi connectivity index (χ3n) is 4.90. The van der Waals surface area contributed by atoms with E-state index in [1.165, 1.54) is 22.5 Å². The second-order valence-corrected chi connectivity index (χ2v) is 9.52. The number of halogens is 1. The van der Waals surface area contributed by atoms with Gasteiger partial charge < -0.3 is 14.8 Å². The van der Waals surface area contributed by atoms with Crippen molar-refractivity contribution < 1.29 is 27.5 Å². The van der Waals surface area contributed by atoms with E-state index >= 15 is 0 Å². The molecule has 0 atom stereocenters. The molecule has 32 heavy (non-hydrogen) atoms. The summed E-state index contributed by atoms with van der Waals surface area (Å²) in [4.78, 5) is 24.7. The second-order valence-electron chi connectivity index (χ2n) is 7.18. The largest absolute Gasteiger partial charge is 0.462 e. The van der Waals surface area contributed by atoms with Gasteiger partial charge in [0.2, 0.25) is 10.0 Å². The molecule has 1 aliphatic rings. The summed E-state index contributed by atoms with van der Waals surface area (Å²) in [5, 5.41) is 2.80. The molecule has 2 aromatic rings. The van der Waals surface area contributed by atoms with E-state index in [9.17, 15) is 18.0 Å². The fourth-order valence-electron chi connectivity index (χ4n) is 3.06. The number of hydrogen-bond donors (Lipinski definition) is 1. The number of anilines is 1. The predicted octanol–water partition coefficient (Wildman–Crippen LogP) is 3.57. The van der Waals surface area contributed by atoms with Crippen LogP contribution in [0, 0.1) is 0 Å². The smallest absolute Gasteiger partial charge is 0.338 e. The van der Waals surface area contributed by atoms with Gasteiger partial charge in [-0.2, -0.15) is 4.31 Å². The third kappa shape index (κ3) is 5.86. The minimum Gasteiger partial charge on any atom is -0.462 e. The quantitative estimate of drug-likeness (QED) is 0.457. The number of benzene rings is 2. The predicted molar refractivity (Wildman–Crippen MR) is 121 cm³/mol. The van der Waals surface area contributed by atoms with Crippen LogP contribution in [0.1, 0.15) is 40.5 Å². The lowest BCUT2D eigenvalue weighted by atomic mass is 10.2. The molecule has 2 aromatic carbocycles. The first-order valence-electron chi connectivity index (χ1n) is 10.3. The van der Waals surface area contributed by atoms with Crippen molar-refractivity contribution in [2.24, 2.45) is 0 Å². The Labute approximate surface area is 192 Å². The van der Waals surface area contributed by atoms with Gasteiger partial charge in [0.05, 0.1) is 40.9 Å². The molecule has 0 aliphatic carbocycles. The highest BCUT2D eigenvalue weighted by Gasteiger charge is 2.27. The Bertz CT molecular complexity index is 1070. The lowest BCUT2D eigenvalue weighted by Gasteiger charge is -2.26. The van der Waals surface area contributed by atoms with Crippen molar-refractivity contribution in [2.45, 2.75) is 24.7 Å². The van der Waals surface area contributed by atoms with Crippen LogP contribution in [0.15, 0.2) is 47.4 Å². The number of nitrogens with zero attached hydrogens (tertiary/aromatic N) is 1. The number of carbonyl (C=O) groups excluding carboxylic acids is 2. The third-order valence-corrected chi connectivity index (χ3v) is 7.12. The van der Waals surface area contributed by atoms with Gasteiger partial charge in [0.15, 0.2) is 0 Å². The number of unbranched alkanes of at least 4 members (excludes halogenated alkanes) is 1. The van der Waals surface area contributed by atoms with Gasteiger partial charge in [0.25, 0.3) is 5.91 Å². The maximum absolute atomic E-state index is 12.9. The summed E-state index contributed by atoms with van der Waals surface area (Å²) in [5.74, 6) is -0.993. The summed E-state index contributed by atoms with van der Waals surface area (Å²) in [6.07, 6.45) is 1.72. The van der Waals surface area contributed by atoms with Gasteiger partial charge in [0, 0.05) is 18.8 Å². The highest BCUT2D eigenvalue weighted by atomic mass is 35.5. The van der Waals surface area contributed by atoms with Crippen LogP contribution in [-0.4, -0.2) is 57.5 Å². The van der Waals surface area contributed by atoms with Gasteiger partial charge in [-0.1, -0.05) is 24.9 Å². The van der Waals surface area contributed by atoms with Crippen LogP contribution in [0.3, 0.4) is 0 Å². The Morgan fingerprint density at radius 3 is 2.47 bits per heavy atom. The van der Waals surface area contributed by atoms with Crippen molar-refractivity contribution in [3.63, 3.8) is 0 Å². The molecule has 1 aliphatic heterocycles. The van der Waals surface area contributed by atoms with Crippen LogP contribution in [0.5, 0.6) is 0 Å². The molecule has 3 rings (SSSR count). The Morgan fingerprint density at radius 1 is 1.12 bits per heavy atom. The minimum atomic E-state index is -3.77. The molecule has 172 valence electrons. The van der Waals surface area contributed by atoms with Crippen LogP contribution < -0.4 is 5.32 Å². The van der Waals surface area contributed by atoms with Gasteiger partial charge in [-0.25, -0.2) is 13.2 Å². The van der Waals surface area contributed by atoms with E-state index in [-0.39, 0.29) is 28.6 Å². The number of nitrogens with one attached hydrogen (secondary N) is 1. The number of ether oxygens (including phenoxy) is 2. The molecule has 1 amide bonds. The summed E-state index contributed by atoms with van der Waals surface area (Å²) in [6.45, 7) is 3.51. The van der Waals surface area contributed by atoms with Crippen molar-refractivity contribution in [3.8, 4) is 0 Å². The molecule has 0 radical (unpaired) electrons. The molecule has 0 bridgehead atoms. The van der Waals surface area contributed by atoms with Gasteiger partial charge in [-0.15, -0.1) is 0 Å². The number of esters is 1. The average molecular weight is 481 g/mol. The zero-order chi connectivity index (χ0) is 23.1. The fraction of sp³-hybridized carbons (Fsp3) is 0.364. The van der Waals surface area contributed by atoms with Gasteiger partial charge in [-0.3, -0.25) is 4.79 Å². The maximum atomic E-state index is 12.9. The maximum Gasteiger partial charge on any atom is 0.338 e. The van der Waals surface area contributed by atoms with Crippen LogP contribution >= 0.6 is 11.6 Å². The summed E-state index contributed by atoms with van der Waals surface area (Å²) in [7, 11) is -3.77. The van der Waals surface area contributed by atoms with Crippen LogP contribution in [-0.2, 0) is 19.5 Å². The fourth-order valence-corrected chi connectivity index (χ4v) is 4.69. The lowest BCUT2D eigenvalue weighted by molar-refractivity contribution is 0.0499. The molecular weight excluding hydrogens is 456 g/mol. The van der Waals surface area contributed by atoms with Crippen molar-refractivity contribution >= 4 is 39.2 Å². The average Bonchev–Trinajstić information content (AvgIpc) is 2.80. The van der Waals surface area contributed by atoms with Crippen LogP contribution in [0.25, 0.3) is 0 Å². The standard InChI is InChI=1S/C22H25ClN2O6S/c1-2-3-12-31-22(27)16-4-6-17(7-5-16)24-21(26)19-15-18(8-9-20(19)23)32(28,29)25-10-13-30-14-11-25/h4-9,15H,2-3,10-14H2,1H3,(H,24,26). The van der Waals surface area contributed by atoms with E-state index in [1.807, 2.05) is 6.92 Å². The van der Waals surface area contributed by atoms with Gasteiger partial charge >= 0.3 is 5.97 Å². The van der Waals surface area contributed by atoms with Crippen molar-refractivity contribution in [2.75, 3.05) is 38.2 Å². The highest BCUT2D eigenvalue weighted by molar-refractivity contribution is 7.89. The SMILES string of the molecule is CCCCOC(=O)c1ccc(NC(=O)c2cc(S(=O)(=O)N3CCOCC3)ccc2Cl)cc1. The number of amides is 1. The van der Waals surface area contributed by atoms with E-state index in [2.05, 4.69) is 5.32 Å². The lowest BCUT2D eigenvalue weighted by Crippen LogP contribution is -2.40. The van der Waals surface area contributed by atoms with E-state index in [4.69, 9.17) is 21.1 Å². The first kappa shape index (κ1) is 24.2. The minimum absolute atomic E-state index is 0.0147. The highest BCUT2D eigenvalue weighted by Crippen LogP contribution is 2.25. The number of hydrogen-bond acceptors (Lipinski definition) is 6. The topological polar surface area (TPSA) is 102 Å². The molecule has 1 fully saturated rings. The van der Waals surface area contributed by atoms with Crippen LogP contribution in [0.4, 0.5) is 5.69 Å². The Kier molecular flexibility index (Phi) is 8.25. The molecule has 1 N–H and O–H groups in total. The number of carbonyl (C=O) groups is 2. The molecular formula is C22H25ClN2O6S. The van der Waals surface area contributed by atoms with Crippen molar-refractivity contribution in [1.82, 2.24) is 4.31 Å². The molecule has 10 heteroatoms. The van der Waals surface area contributed by atoms with E-state index in [0.717, 1.165) is 12.8 Å². The first-order chi connectivity index (χ1) is 15.3.